The summed E-state index contributed by atoms with van der Waals surface area (Å²) in [7, 11) is 0. The van der Waals surface area contributed by atoms with Crippen molar-refractivity contribution in [3.63, 3.8) is 0 Å². The Labute approximate surface area is 69.6 Å². The summed E-state index contributed by atoms with van der Waals surface area (Å²) in [6.07, 6.45) is 0. The highest BCUT2D eigenvalue weighted by atomic mass is 35.5. The summed E-state index contributed by atoms with van der Waals surface area (Å²) in [4.78, 5) is 0. The largest absolute Gasteiger partial charge is 0.207 e. The second-order valence-electron chi connectivity index (χ2n) is 1.44. The van der Waals surface area contributed by atoms with Crippen LogP contribution in [0.4, 0.5) is 4.39 Å². The van der Waals surface area contributed by atoms with Crippen LogP contribution in [0.5, 0.6) is 0 Å². The first-order valence-corrected chi connectivity index (χ1v) is 3.44. The van der Waals surface area contributed by atoms with Crippen molar-refractivity contribution in [1.29, 1.82) is 0 Å². The van der Waals surface area contributed by atoms with Crippen molar-refractivity contribution in [1.82, 2.24) is 0 Å². The zero-order valence-electron chi connectivity index (χ0n) is 5.18. The van der Waals surface area contributed by atoms with Gasteiger partial charge in [0.05, 0.1) is 0 Å². The summed E-state index contributed by atoms with van der Waals surface area (Å²) in [6, 6.07) is 5.82. The van der Waals surface area contributed by atoms with Crippen LogP contribution in [0.15, 0.2) is 24.3 Å². The minimum atomic E-state index is -0.294. The fourth-order valence-corrected chi connectivity index (χ4v) is 0.637. The van der Waals surface area contributed by atoms with Gasteiger partial charge in [-0.25, -0.2) is 4.39 Å². The lowest BCUT2D eigenvalue weighted by molar-refractivity contribution is 0.628. The Morgan fingerprint density at radius 2 is 2.00 bits per heavy atom. The van der Waals surface area contributed by atoms with E-state index in [1.807, 2.05) is 0 Å². The van der Waals surface area contributed by atoms with Crippen LogP contribution < -0.4 is 0 Å². The lowest BCUT2D eigenvalue weighted by Gasteiger charge is -1.85. The summed E-state index contributed by atoms with van der Waals surface area (Å²) in [5.74, 6) is 2.54. The molecule has 0 atom stereocenters. The number of benzene rings is 1. The van der Waals surface area contributed by atoms with Gasteiger partial charge in [0.25, 0.3) is 0 Å². The number of rotatable bonds is 0. The standard InChI is InChI=1S/C6H4ClF.CH2S/c7-5-2-1-3-6(8)4-5;1-2/h1-4H;1H2. The molecule has 0 radical (unpaired) electrons. The molecular weight excluding hydrogens is 171 g/mol. The molecule has 0 unspecified atom stereocenters. The normalized spacial score (nSPS) is 7.80. The van der Waals surface area contributed by atoms with Crippen molar-refractivity contribution >= 4 is 29.7 Å². The molecule has 0 fully saturated rings. The molecule has 3 heteroatoms. The highest BCUT2D eigenvalue weighted by Crippen LogP contribution is 2.07. The maximum atomic E-state index is 12.1. The van der Waals surface area contributed by atoms with Crippen molar-refractivity contribution in [2.75, 3.05) is 0 Å². The van der Waals surface area contributed by atoms with Gasteiger partial charge in [0.15, 0.2) is 0 Å². The molecule has 0 aliphatic rings. The fraction of sp³-hybridized carbons (Fsp3) is 0. The molecule has 10 heavy (non-hydrogen) atoms. The zero-order valence-corrected chi connectivity index (χ0v) is 6.75. The van der Waals surface area contributed by atoms with E-state index >= 15 is 0 Å². The quantitative estimate of drug-likeness (QED) is 0.548. The Morgan fingerprint density at radius 1 is 1.40 bits per heavy atom. The number of halogens is 2. The molecule has 0 aliphatic heterocycles. The van der Waals surface area contributed by atoms with Crippen LogP contribution in [-0.4, -0.2) is 5.87 Å². The lowest BCUT2D eigenvalue weighted by Crippen LogP contribution is -1.68. The third-order valence-electron chi connectivity index (χ3n) is 0.787. The van der Waals surface area contributed by atoms with Crippen molar-refractivity contribution in [2.45, 2.75) is 0 Å². The highest BCUT2D eigenvalue weighted by Gasteiger charge is 1.86. The average molecular weight is 177 g/mol. The molecular formula is C7H6ClFS. The van der Waals surface area contributed by atoms with Crippen LogP contribution in [0.3, 0.4) is 0 Å². The number of thiocarbonyl (C=S) groups is 1. The Hall–Kier alpha value is -0.470. The molecule has 0 aromatic heterocycles. The van der Waals surface area contributed by atoms with E-state index in [0.29, 0.717) is 5.02 Å². The fourth-order valence-electron chi connectivity index (χ4n) is 0.460. The Balaban J connectivity index is 0.000000371. The van der Waals surface area contributed by atoms with Gasteiger partial charge in [-0.05, 0) is 24.1 Å². The van der Waals surface area contributed by atoms with E-state index in [2.05, 4.69) is 18.1 Å². The average Bonchev–Trinajstić information content (AvgIpc) is 1.91. The van der Waals surface area contributed by atoms with Gasteiger partial charge in [0, 0.05) is 5.02 Å². The van der Waals surface area contributed by atoms with Crippen molar-refractivity contribution < 1.29 is 4.39 Å². The van der Waals surface area contributed by atoms with E-state index in [-0.39, 0.29) is 5.82 Å². The van der Waals surface area contributed by atoms with Gasteiger partial charge in [0.2, 0.25) is 0 Å². The maximum Gasteiger partial charge on any atom is 0.124 e. The topological polar surface area (TPSA) is 0 Å². The second kappa shape index (κ2) is 5.33. The van der Waals surface area contributed by atoms with Crippen molar-refractivity contribution in [3.8, 4) is 0 Å². The molecule has 54 valence electrons. The third-order valence-corrected chi connectivity index (χ3v) is 1.02. The van der Waals surface area contributed by atoms with Gasteiger partial charge in [-0.15, -0.1) is 0 Å². The van der Waals surface area contributed by atoms with Gasteiger partial charge in [-0.3, -0.25) is 0 Å². The summed E-state index contributed by atoms with van der Waals surface area (Å²) < 4.78 is 12.1. The summed E-state index contributed by atoms with van der Waals surface area (Å²) in [5.41, 5.74) is 0. The van der Waals surface area contributed by atoms with E-state index in [0.717, 1.165) is 0 Å². The predicted octanol–water partition coefficient (Wildman–Crippen LogP) is 3.10. The molecule has 0 bridgehead atoms. The minimum Gasteiger partial charge on any atom is -0.207 e. The number of hydrogen-bond acceptors (Lipinski definition) is 1. The molecule has 0 saturated carbocycles. The molecule has 0 amide bonds. The van der Waals surface area contributed by atoms with E-state index in [9.17, 15) is 4.39 Å². The monoisotopic (exact) mass is 176 g/mol. The van der Waals surface area contributed by atoms with Gasteiger partial charge in [-0.2, -0.15) is 0 Å². The molecule has 0 N–H and O–H groups in total. The van der Waals surface area contributed by atoms with Gasteiger partial charge >= 0.3 is 0 Å². The molecule has 0 nitrogen and oxygen atoms in total. The Bertz CT molecular complexity index is 185. The van der Waals surface area contributed by atoms with Crippen molar-refractivity contribution in [3.05, 3.63) is 35.1 Å². The van der Waals surface area contributed by atoms with Gasteiger partial charge in [0.1, 0.15) is 5.82 Å². The van der Waals surface area contributed by atoms with Crippen LogP contribution in [0, 0.1) is 5.82 Å². The summed E-state index contributed by atoms with van der Waals surface area (Å²) in [6.45, 7) is 0. The van der Waals surface area contributed by atoms with Crippen LogP contribution in [0.2, 0.25) is 5.02 Å². The van der Waals surface area contributed by atoms with E-state index in [1.165, 1.54) is 12.1 Å². The van der Waals surface area contributed by atoms with Crippen molar-refractivity contribution in [2.24, 2.45) is 0 Å². The molecule has 1 aromatic carbocycles. The first-order valence-electron chi connectivity index (χ1n) is 2.49. The van der Waals surface area contributed by atoms with Crippen LogP contribution >= 0.6 is 23.8 Å². The van der Waals surface area contributed by atoms with E-state index in [1.54, 1.807) is 12.1 Å². The smallest absolute Gasteiger partial charge is 0.124 e. The molecule has 0 aliphatic carbocycles. The van der Waals surface area contributed by atoms with E-state index < -0.39 is 0 Å². The van der Waals surface area contributed by atoms with Crippen LogP contribution in [0.1, 0.15) is 0 Å². The lowest BCUT2D eigenvalue weighted by atomic mass is 10.4. The molecule has 0 saturated heterocycles. The predicted molar refractivity (Wildman–Crippen MR) is 46.1 cm³/mol. The summed E-state index contributed by atoms with van der Waals surface area (Å²) in [5, 5.41) is 0.435. The SMILES string of the molecule is C=S.Fc1cccc(Cl)c1. The number of hydrogen-bond donors (Lipinski definition) is 0. The first-order chi connectivity index (χ1) is 4.79. The minimum absolute atomic E-state index is 0.294. The Morgan fingerprint density at radius 3 is 2.30 bits per heavy atom. The summed E-state index contributed by atoms with van der Waals surface area (Å²) >= 11 is 9.24. The molecule has 0 spiro atoms. The van der Waals surface area contributed by atoms with E-state index in [4.69, 9.17) is 11.6 Å². The van der Waals surface area contributed by atoms with Gasteiger partial charge < -0.3 is 0 Å². The third kappa shape index (κ3) is 3.54. The van der Waals surface area contributed by atoms with Crippen LogP contribution in [0.25, 0.3) is 0 Å². The van der Waals surface area contributed by atoms with Gasteiger partial charge in [-0.1, -0.05) is 29.9 Å². The molecule has 0 heterocycles. The zero-order chi connectivity index (χ0) is 7.98. The Kier molecular flexibility index (Phi) is 5.08. The molecule has 1 rings (SSSR count). The first kappa shape index (κ1) is 9.53. The highest BCUT2D eigenvalue weighted by molar-refractivity contribution is 7.77. The second-order valence-corrected chi connectivity index (χ2v) is 1.88. The van der Waals surface area contributed by atoms with Crippen LogP contribution in [-0.2, 0) is 0 Å². The maximum absolute atomic E-state index is 12.1. The molecule has 1 aromatic rings.